The van der Waals surface area contributed by atoms with Crippen LogP contribution in [0.4, 0.5) is 16.3 Å². The number of amides is 1. The molecule has 1 saturated carbocycles. The van der Waals surface area contributed by atoms with Crippen molar-refractivity contribution in [3.63, 3.8) is 0 Å². The number of anilines is 1. The molecule has 2 atom stereocenters. The molecule has 0 unspecified atom stereocenters. The van der Waals surface area contributed by atoms with Gasteiger partial charge in [-0.05, 0) is 25.3 Å². The van der Waals surface area contributed by atoms with Crippen molar-refractivity contribution >= 4 is 17.6 Å². The summed E-state index contributed by atoms with van der Waals surface area (Å²) in [7, 11) is 0. The first-order chi connectivity index (χ1) is 10.5. The molecule has 3 heterocycles. The molecule has 1 amide bonds. The van der Waals surface area contributed by atoms with Crippen LogP contribution in [0.2, 0.25) is 0 Å². The lowest BCUT2D eigenvalue weighted by Gasteiger charge is -2.33. The second-order valence-electron chi connectivity index (χ2n) is 6.24. The third-order valence-electron chi connectivity index (χ3n) is 4.83. The summed E-state index contributed by atoms with van der Waals surface area (Å²) in [6.07, 6.45) is 1.85. The maximum atomic E-state index is 11.1. The first-order valence-electron chi connectivity index (χ1n) is 7.46. The zero-order valence-corrected chi connectivity index (χ0v) is 11.9. The van der Waals surface area contributed by atoms with Gasteiger partial charge in [-0.1, -0.05) is 0 Å². The fourth-order valence-corrected chi connectivity index (χ4v) is 3.61. The molecule has 1 aliphatic carbocycles. The van der Waals surface area contributed by atoms with Gasteiger partial charge in [0.15, 0.2) is 0 Å². The Morgan fingerprint density at radius 1 is 1.32 bits per heavy atom. The maximum absolute atomic E-state index is 11.1. The van der Waals surface area contributed by atoms with Crippen molar-refractivity contribution in [2.75, 3.05) is 18.0 Å². The predicted molar refractivity (Wildman–Crippen MR) is 77.1 cm³/mol. The molecular weight excluding hydrogens is 288 g/mol. The van der Waals surface area contributed by atoms with Gasteiger partial charge in [0, 0.05) is 25.1 Å². The minimum atomic E-state index is -0.873. The predicted octanol–water partition coefficient (Wildman–Crippen LogP) is 1.81. The van der Waals surface area contributed by atoms with E-state index in [-0.39, 0.29) is 28.6 Å². The number of carbonyl (C=O) groups is 1. The van der Waals surface area contributed by atoms with Crippen LogP contribution in [0, 0.1) is 10.1 Å². The number of likely N-dealkylation sites (tertiary alicyclic amines) is 1. The summed E-state index contributed by atoms with van der Waals surface area (Å²) in [5.74, 6) is 0.945. The highest BCUT2D eigenvalue weighted by molar-refractivity contribution is 5.67. The van der Waals surface area contributed by atoms with Crippen LogP contribution < -0.4 is 4.90 Å². The lowest BCUT2D eigenvalue weighted by molar-refractivity contribution is -0.385. The lowest BCUT2D eigenvalue weighted by Crippen LogP contribution is -2.48. The van der Waals surface area contributed by atoms with E-state index in [1.54, 1.807) is 6.07 Å². The van der Waals surface area contributed by atoms with Crippen molar-refractivity contribution in [3.8, 4) is 0 Å². The van der Waals surface area contributed by atoms with Crippen LogP contribution in [0.1, 0.15) is 30.9 Å². The molecule has 1 aromatic rings. The lowest BCUT2D eigenvalue weighted by atomic mass is 10.2. The Balaban J connectivity index is 1.61. The Morgan fingerprint density at radius 2 is 2.09 bits per heavy atom. The standard InChI is InChI=1S/C14H16N4O4/c19-14(20)17-7-9-5-10(17)6-16(9)12-4-3-11(18(21)22)13(15-12)8-1-2-8/h3-4,8-10H,1-2,5-7H2,(H,19,20)/t9-,10-/m1/s1. The minimum Gasteiger partial charge on any atom is -0.465 e. The number of hydrogen-bond acceptors (Lipinski definition) is 5. The zero-order valence-electron chi connectivity index (χ0n) is 11.9. The van der Waals surface area contributed by atoms with E-state index in [0.29, 0.717) is 18.8 Å². The molecule has 2 saturated heterocycles. The number of fused-ring (bicyclic) bond motifs is 2. The molecule has 0 radical (unpaired) electrons. The maximum Gasteiger partial charge on any atom is 0.407 e. The summed E-state index contributed by atoms with van der Waals surface area (Å²) < 4.78 is 0. The molecule has 3 aliphatic rings. The van der Waals surface area contributed by atoms with Crippen molar-refractivity contribution in [1.82, 2.24) is 9.88 Å². The molecule has 22 heavy (non-hydrogen) atoms. The summed E-state index contributed by atoms with van der Waals surface area (Å²) >= 11 is 0. The molecule has 2 aliphatic heterocycles. The number of nitro groups is 1. The van der Waals surface area contributed by atoms with Gasteiger partial charge in [-0.25, -0.2) is 9.78 Å². The number of piperazine rings is 1. The highest BCUT2D eigenvalue weighted by Crippen LogP contribution is 2.44. The molecular formula is C14H16N4O4. The molecule has 0 spiro atoms. The Morgan fingerprint density at radius 3 is 2.64 bits per heavy atom. The molecule has 0 aromatic carbocycles. The van der Waals surface area contributed by atoms with Crippen LogP contribution in [-0.2, 0) is 0 Å². The first kappa shape index (κ1) is 13.3. The van der Waals surface area contributed by atoms with Gasteiger partial charge in [0.1, 0.15) is 11.5 Å². The summed E-state index contributed by atoms with van der Waals surface area (Å²) in [6.45, 7) is 1.10. The summed E-state index contributed by atoms with van der Waals surface area (Å²) in [5.41, 5.74) is 0.683. The van der Waals surface area contributed by atoms with Gasteiger partial charge in [0.05, 0.1) is 17.0 Å². The zero-order chi connectivity index (χ0) is 15.4. The molecule has 3 fully saturated rings. The van der Waals surface area contributed by atoms with Crippen LogP contribution in [0.25, 0.3) is 0 Å². The van der Waals surface area contributed by atoms with E-state index in [1.807, 2.05) is 0 Å². The van der Waals surface area contributed by atoms with Crippen molar-refractivity contribution in [3.05, 3.63) is 27.9 Å². The van der Waals surface area contributed by atoms with Crippen LogP contribution in [-0.4, -0.2) is 51.2 Å². The van der Waals surface area contributed by atoms with E-state index in [1.165, 1.54) is 11.0 Å². The van der Waals surface area contributed by atoms with Gasteiger partial charge < -0.3 is 14.9 Å². The van der Waals surface area contributed by atoms with Crippen molar-refractivity contribution in [2.24, 2.45) is 0 Å². The Bertz CT molecular complexity index is 660. The number of pyridine rings is 1. The van der Waals surface area contributed by atoms with Crippen LogP contribution in [0.3, 0.4) is 0 Å². The third kappa shape index (κ3) is 1.98. The summed E-state index contributed by atoms with van der Waals surface area (Å²) in [6, 6.07) is 3.36. The second kappa shape index (κ2) is 4.56. The number of nitrogens with zero attached hydrogens (tertiary/aromatic N) is 4. The normalized spacial score (nSPS) is 26.5. The van der Waals surface area contributed by atoms with Crippen molar-refractivity contribution in [1.29, 1.82) is 0 Å². The molecule has 8 heteroatoms. The van der Waals surface area contributed by atoms with Gasteiger partial charge in [-0.2, -0.15) is 0 Å². The second-order valence-corrected chi connectivity index (χ2v) is 6.24. The monoisotopic (exact) mass is 304 g/mol. The van der Waals surface area contributed by atoms with E-state index >= 15 is 0 Å². The van der Waals surface area contributed by atoms with E-state index in [9.17, 15) is 14.9 Å². The fraction of sp³-hybridized carbons (Fsp3) is 0.571. The minimum absolute atomic E-state index is 0.00358. The van der Waals surface area contributed by atoms with E-state index in [4.69, 9.17) is 5.11 Å². The van der Waals surface area contributed by atoms with Crippen molar-refractivity contribution in [2.45, 2.75) is 37.3 Å². The first-order valence-corrected chi connectivity index (χ1v) is 7.46. The number of rotatable bonds is 3. The van der Waals surface area contributed by atoms with Gasteiger partial charge in [0.2, 0.25) is 0 Å². The summed E-state index contributed by atoms with van der Waals surface area (Å²) in [5, 5.41) is 20.2. The number of hydrogen-bond donors (Lipinski definition) is 1. The SMILES string of the molecule is O=C(O)N1C[C@H]2C[C@@H]1CN2c1ccc([N+](=O)[O-])c(C2CC2)n1. The average Bonchev–Trinajstić information content (AvgIpc) is 3.14. The highest BCUT2D eigenvalue weighted by Gasteiger charge is 2.46. The molecule has 4 rings (SSSR count). The smallest absolute Gasteiger partial charge is 0.407 e. The van der Waals surface area contributed by atoms with Crippen LogP contribution >= 0.6 is 0 Å². The number of aromatic nitrogens is 1. The van der Waals surface area contributed by atoms with E-state index in [2.05, 4.69) is 9.88 Å². The fourth-order valence-electron chi connectivity index (χ4n) is 3.61. The van der Waals surface area contributed by atoms with Crippen LogP contribution in [0.15, 0.2) is 12.1 Å². The van der Waals surface area contributed by atoms with E-state index in [0.717, 1.165) is 25.1 Å². The van der Waals surface area contributed by atoms with Gasteiger partial charge in [-0.3, -0.25) is 10.1 Å². The molecule has 8 nitrogen and oxygen atoms in total. The molecule has 1 aromatic heterocycles. The Kier molecular flexibility index (Phi) is 2.75. The van der Waals surface area contributed by atoms with Gasteiger partial charge in [0.25, 0.3) is 5.69 Å². The third-order valence-corrected chi connectivity index (χ3v) is 4.83. The quantitative estimate of drug-likeness (QED) is 0.675. The van der Waals surface area contributed by atoms with E-state index < -0.39 is 6.09 Å². The molecule has 2 bridgehead atoms. The van der Waals surface area contributed by atoms with Gasteiger partial charge in [-0.15, -0.1) is 0 Å². The van der Waals surface area contributed by atoms with Gasteiger partial charge >= 0.3 is 6.09 Å². The Labute approximate surface area is 126 Å². The average molecular weight is 304 g/mol. The molecule has 1 N–H and O–H groups in total. The molecule has 116 valence electrons. The Hall–Kier alpha value is -2.38. The van der Waals surface area contributed by atoms with Crippen molar-refractivity contribution < 1.29 is 14.8 Å². The largest absolute Gasteiger partial charge is 0.465 e. The topological polar surface area (TPSA) is 99.8 Å². The summed E-state index contributed by atoms with van der Waals surface area (Å²) in [4.78, 5) is 30.0. The number of carboxylic acid groups (broad SMARTS) is 1. The highest BCUT2D eigenvalue weighted by atomic mass is 16.6. The van der Waals surface area contributed by atoms with Crippen LogP contribution in [0.5, 0.6) is 0 Å².